The van der Waals surface area contributed by atoms with E-state index in [1.165, 1.54) is 0 Å². The number of halogens is 2. The zero-order chi connectivity index (χ0) is 6.85. The summed E-state index contributed by atoms with van der Waals surface area (Å²) in [5.74, 6) is 0. The van der Waals surface area contributed by atoms with Gasteiger partial charge in [-0.05, 0) is 24.6 Å². The number of rotatable bonds is 0. The lowest BCUT2D eigenvalue weighted by molar-refractivity contribution is 1.44. The van der Waals surface area contributed by atoms with Crippen LogP contribution in [0, 0.1) is 13.0 Å². The van der Waals surface area contributed by atoms with Gasteiger partial charge in [-0.2, -0.15) is 0 Å². The third-order valence-electron chi connectivity index (χ3n) is 1.04. The summed E-state index contributed by atoms with van der Waals surface area (Å²) in [6.45, 7) is 1.92. The van der Waals surface area contributed by atoms with E-state index in [9.17, 15) is 0 Å². The smallest absolute Gasteiger partial charge is 0.0442 e. The third kappa shape index (κ3) is 1.70. The van der Waals surface area contributed by atoms with Crippen molar-refractivity contribution >= 4 is 27.5 Å². The SMILES string of the molecule is Cc1[c]c(Br)ccc1Cl. The van der Waals surface area contributed by atoms with Crippen LogP contribution in [0.4, 0.5) is 0 Å². The molecule has 1 radical (unpaired) electrons. The standard InChI is InChI=1S/C7H5BrCl/c1-5-4-6(8)2-3-7(5)9/h2-3H,1H3. The maximum atomic E-state index is 5.73. The normalized spacial score (nSPS) is 9.67. The average Bonchev–Trinajstić information content (AvgIpc) is 1.80. The first-order chi connectivity index (χ1) is 4.20. The van der Waals surface area contributed by atoms with Crippen molar-refractivity contribution in [3.63, 3.8) is 0 Å². The summed E-state index contributed by atoms with van der Waals surface area (Å²) in [5.41, 5.74) is 0.978. The van der Waals surface area contributed by atoms with Gasteiger partial charge >= 0.3 is 0 Å². The fourth-order valence-corrected chi connectivity index (χ4v) is 1.09. The van der Waals surface area contributed by atoms with Gasteiger partial charge in [-0.3, -0.25) is 0 Å². The van der Waals surface area contributed by atoms with Crippen molar-refractivity contribution in [3.8, 4) is 0 Å². The van der Waals surface area contributed by atoms with E-state index in [2.05, 4.69) is 22.0 Å². The second kappa shape index (κ2) is 2.72. The molecule has 0 heterocycles. The monoisotopic (exact) mass is 203 g/mol. The highest BCUT2D eigenvalue weighted by atomic mass is 79.9. The average molecular weight is 204 g/mol. The molecule has 0 fully saturated rings. The Kier molecular flexibility index (Phi) is 2.14. The molecule has 0 aliphatic rings. The largest absolute Gasteiger partial charge is 0.0840 e. The van der Waals surface area contributed by atoms with Crippen LogP contribution in [0.15, 0.2) is 16.6 Å². The van der Waals surface area contributed by atoms with Crippen LogP contribution >= 0.6 is 27.5 Å². The molecule has 0 amide bonds. The lowest BCUT2D eigenvalue weighted by atomic mass is 10.2. The van der Waals surface area contributed by atoms with Gasteiger partial charge in [0.05, 0.1) is 0 Å². The van der Waals surface area contributed by atoms with E-state index in [0.717, 1.165) is 15.1 Å². The van der Waals surface area contributed by atoms with Gasteiger partial charge in [-0.25, -0.2) is 0 Å². The number of benzene rings is 1. The maximum Gasteiger partial charge on any atom is 0.0442 e. The summed E-state index contributed by atoms with van der Waals surface area (Å²) in [4.78, 5) is 0. The third-order valence-corrected chi connectivity index (χ3v) is 1.91. The zero-order valence-corrected chi connectivity index (χ0v) is 7.25. The number of hydrogen-bond acceptors (Lipinski definition) is 0. The molecule has 1 aromatic rings. The lowest BCUT2D eigenvalue weighted by Gasteiger charge is -1.94. The van der Waals surface area contributed by atoms with Crippen molar-refractivity contribution in [2.45, 2.75) is 6.92 Å². The first-order valence-corrected chi connectivity index (χ1v) is 3.71. The second-order valence-electron chi connectivity index (χ2n) is 1.78. The van der Waals surface area contributed by atoms with Crippen molar-refractivity contribution in [1.29, 1.82) is 0 Å². The highest BCUT2D eigenvalue weighted by molar-refractivity contribution is 9.10. The summed E-state index contributed by atoms with van der Waals surface area (Å²) in [6.07, 6.45) is 0. The molecule has 0 aromatic heterocycles. The molecule has 0 aliphatic heterocycles. The predicted octanol–water partition coefficient (Wildman–Crippen LogP) is 3.21. The molecular weight excluding hydrogens is 199 g/mol. The molecule has 1 rings (SSSR count). The first-order valence-electron chi connectivity index (χ1n) is 2.54. The maximum absolute atomic E-state index is 5.73. The van der Waals surface area contributed by atoms with Gasteiger partial charge in [0.25, 0.3) is 0 Å². The van der Waals surface area contributed by atoms with E-state index in [4.69, 9.17) is 11.6 Å². The Bertz CT molecular complexity index is 220. The van der Waals surface area contributed by atoms with Gasteiger partial charge in [-0.1, -0.05) is 27.5 Å². The van der Waals surface area contributed by atoms with Gasteiger partial charge in [0.1, 0.15) is 0 Å². The van der Waals surface area contributed by atoms with Crippen LogP contribution < -0.4 is 0 Å². The molecule has 0 aliphatic carbocycles. The topological polar surface area (TPSA) is 0 Å². The quantitative estimate of drug-likeness (QED) is 0.609. The second-order valence-corrected chi connectivity index (χ2v) is 3.04. The molecule has 0 bridgehead atoms. The fraction of sp³-hybridized carbons (Fsp3) is 0.143. The molecule has 0 nitrogen and oxygen atoms in total. The Morgan fingerprint density at radius 3 is 2.67 bits per heavy atom. The molecule has 0 saturated heterocycles. The van der Waals surface area contributed by atoms with Crippen molar-refractivity contribution in [2.24, 2.45) is 0 Å². The first kappa shape index (κ1) is 7.10. The summed E-state index contributed by atoms with van der Waals surface area (Å²) >= 11 is 9.01. The van der Waals surface area contributed by atoms with Crippen LogP contribution in [0.3, 0.4) is 0 Å². The number of aryl methyl sites for hydroxylation is 1. The molecular formula is C7H5BrCl. The van der Waals surface area contributed by atoms with E-state index < -0.39 is 0 Å². The van der Waals surface area contributed by atoms with Crippen LogP contribution in [0.25, 0.3) is 0 Å². The molecule has 0 spiro atoms. The minimum atomic E-state index is 0.762. The van der Waals surface area contributed by atoms with E-state index in [0.29, 0.717) is 0 Å². The highest BCUT2D eigenvalue weighted by Gasteiger charge is 1.93. The van der Waals surface area contributed by atoms with Gasteiger partial charge in [0, 0.05) is 15.6 Å². The summed E-state index contributed by atoms with van der Waals surface area (Å²) in [5, 5.41) is 0.762. The van der Waals surface area contributed by atoms with E-state index >= 15 is 0 Å². The minimum absolute atomic E-state index is 0.762. The van der Waals surface area contributed by atoms with E-state index in [-0.39, 0.29) is 0 Å². The van der Waals surface area contributed by atoms with Gasteiger partial charge in [0.15, 0.2) is 0 Å². The van der Waals surface area contributed by atoms with Crippen LogP contribution in [0.5, 0.6) is 0 Å². The van der Waals surface area contributed by atoms with Crippen LogP contribution in [0.2, 0.25) is 5.02 Å². The molecule has 0 saturated carbocycles. The van der Waals surface area contributed by atoms with Gasteiger partial charge < -0.3 is 0 Å². The Hall–Kier alpha value is -0.0100. The van der Waals surface area contributed by atoms with Crippen LogP contribution in [0.1, 0.15) is 5.56 Å². The zero-order valence-electron chi connectivity index (χ0n) is 4.91. The molecule has 0 unspecified atom stereocenters. The highest BCUT2D eigenvalue weighted by Crippen LogP contribution is 2.18. The van der Waals surface area contributed by atoms with Crippen molar-refractivity contribution in [1.82, 2.24) is 0 Å². The Morgan fingerprint density at radius 1 is 1.56 bits per heavy atom. The number of hydrogen-bond donors (Lipinski definition) is 0. The molecule has 47 valence electrons. The lowest BCUT2D eigenvalue weighted by Crippen LogP contribution is -1.73. The van der Waals surface area contributed by atoms with E-state index in [1.807, 2.05) is 19.1 Å². The van der Waals surface area contributed by atoms with Crippen LogP contribution in [-0.2, 0) is 0 Å². The predicted molar refractivity (Wildman–Crippen MR) is 42.7 cm³/mol. The Labute approximate surface area is 68.0 Å². The van der Waals surface area contributed by atoms with Crippen LogP contribution in [-0.4, -0.2) is 0 Å². The van der Waals surface area contributed by atoms with Crippen molar-refractivity contribution < 1.29 is 0 Å². The molecule has 1 aromatic carbocycles. The Balaban J connectivity index is 3.17. The van der Waals surface area contributed by atoms with Gasteiger partial charge in [-0.15, -0.1) is 0 Å². The van der Waals surface area contributed by atoms with Crippen molar-refractivity contribution in [3.05, 3.63) is 33.3 Å². The van der Waals surface area contributed by atoms with E-state index in [1.54, 1.807) is 0 Å². The molecule has 0 N–H and O–H groups in total. The molecule has 2 heteroatoms. The molecule has 0 atom stereocenters. The van der Waals surface area contributed by atoms with Crippen molar-refractivity contribution in [2.75, 3.05) is 0 Å². The summed E-state index contributed by atoms with van der Waals surface area (Å²) in [6, 6.07) is 6.74. The van der Waals surface area contributed by atoms with Gasteiger partial charge in [0.2, 0.25) is 0 Å². The minimum Gasteiger partial charge on any atom is -0.0840 e. The summed E-state index contributed by atoms with van der Waals surface area (Å²) in [7, 11) is 0. The molecule has 9 heavy (non-hydrogen) atoms. The summed E-state index contributed by atoms with van der Waals surface area (Å²) < 4.78 is 0.949. The fourth-order valence-electron chi connectivity index (χ4n) is 0.552. The Morgan fingerprint density at radius 2 is 2.22 bits per heavy atom.